The Kier molecular flexibility index (Phi) is 16.0. The molecule has 0 N–H and O–H groups in total. The van der Waals surface area contributed by atoms with Crippen LogP contribution in [-0.4, -0.2) is 28.9 Å². The monoisotopic (exact) mass is 502 g/mol. The summed E-state index contributed by atoms with van der Waals surface area (Å²) in [7, 11) is 0. The van der Waals surface area contributed by atoms with E-state index in [1.54, 1.807) is 12.4 Å². The lowest BCUT2D eigenvalue weighted by atomic mass is 10.0. The molecule has 0 saturated carbocycles. The Hall–Kier alpha value is -2.04. The summed E-state index contributed by atoms with van der Waals surface area (Å²) in [4.78, 5) is 8.75. The van der Waals surface area contributed by atoms with Crippen molar-refractivity contribution in [1.29, 1.82) is 0 Å². The van der Waals surface area contributed by atoms with Crippen LogP contribution in [0.1, 0.15) is 116 Å². The van der Waals surface area contributed by atoms with Crippen molar-refractivity contribution in [2.75, 3.05) is 6.61 Å². The van der Waals surface area contributed by atoms with Crippen molar-refractivity contribution in [2.45, 2.75) is 129 Å². The van der Waals surface area contributed by atoms with Crippen LogP contribution in [0.5, 0.6) is 5.75 Å². The third-order valence-corrected chi connectivity index (χ3v) is 6.75. The van der Waals surface area contributed by atoms with E-state index in [1.807, 2.05) is 0 Å². The van der Waals surface area contributed by atoms with E-state index in [-0.39, 0.29) is 19.4 Å². The zero-order valence-electron chi connectivity index (χ0n) is 22.7. The summed E-state index contributed by atoms with van der Waals surface area (Å²) >= 11 is 0. The summed E-state index contributed by atoms with van der Waals surface area (Å²) in [6, 6.07) is 8.43. The van der Waals surface area contributed by atoms with Gasteiger partial charge in [0.05, 0.1) is 12.4 Å². The van der Waals surface area contributed by atoms with Gasteiger partial charge in [0.1, 0.15) is 19.0 Å². The molecule has 0 spiro atoms. The molecule has 0 radical (unpaired) electrons. The maximum Gasteiger partial charge on any atom is 0.159 e. The average Bonchev–Trinajstić information content (AvgIpc) is 2.90. The number of nitrogens with zero attached hydrogens (tertiary/aromatic N) is 2. The second-order valence-electron chi connectivity index (χ2n) is 10.1. The summed E-state index contributed by atoms with van der Waals surface area (Å²) in [6.07, 6.45) is 18.2. The molecule has 2 unspecified atom stereocenters. The number of hydrogen-bond acceptors (Lipinski definition) is 3. The van der Waals surface area contributed by atoms with Gasteiger partial charge in [-0.3, -0.25) is 0 Å². The standard InChI is InChI=1S/C31H48F2N2O/c1-3-5-7-8-9-10-11-12-14-15-26-17-19-27(20-18-26)31-34-23-30(24-35-31)36-25-29(33)22-21-28(32)16-13-6-4-2/h17-20,23-24,28-29H,3-16,21-22,25H2,1-2H3. The molecule has 0 fully saturated rings. The Morgan fingerprint density at radius 1 is 0.667 bits per heavy atom. The minimum Gasteiger partial charge on any atom is -0.487 e. The Balaban J connectivity index is 1.63. The highest BCUT2D eigenvalue weighted by molar-refractivity contribution is 5.55. The molecule has 2 atom stereocenters. The van der Waals surface area contributed by atoms with Crippen LogP contribution in [0, 0.1) is 0 Å². The summed E-state index contributed by atoms with van der Waals surface area (Å²) in [6.45, 7) is 4.25. The Morgan fingerprint density at radius 2 is 1.22 bits per heavy atom. The van der Waals surface area contributed by atoms with Gasteiger partial charge >= 0.3 is 0 Å². The first-order chi connectivity index (χ1) is 17.6. The van der Waals surface area contributed by atoms with Gasteiger partial charge < -0.3 is 4.74 Å². The lowest BCUT2D eigenvalue weighted by Gasteiger charge is -2.12. The lowest BCUT2D eigenvalue weighted by molar-refractivity contribution is 0.167. The quantitative estimate of drug-likeness (QED) is 0.159. The molecular weight excluding hydrogens is 454 g/mol. The van der Waals surface area contributed by atoms with Crippen molar-refractivity contribution in [1.82, 2.24) is 9.97 Å². The number of aromatic nitrogens is 2. The van der Waals surface area contributed by atoms with Gasteiger partial charge in [-0.15, -0.1) is 0 Å². The molecule has 0 aliphatic rings. The number of hydrogen-bond donors (Lipinski definition) is 0. The predicted octanol–water partition coefficient (Wildman–Crippen LogP) is 9.63. The molecule has 3 nitrogen and oxygen atoms in total. The number of rotatable bonds is 21. The van der Waals surface area contributed by atoms with Gasteiger partial charge in [-0.25, -0.2) is 18.7 Å². The van der Waals surface area contributed by atoms with Crippen LogP contribution < -0.4 is 4.74 Å². The molecule has 36 heavy (non-hydrogen) atoms. The van der Waals surface area contributed by atoms with E-state index in [0.717, 1.165) is 31.2 Å². The van der Waals surface area contributed by atoms with Crippen molar-refractivity contribution in [3.05, 3.63) is 42.2 Å². The molecule has 1 heterocycles. The maximum absolute atomic E-state index is 14.1. The van der Waals surface area contributed by atoms with E-state index in [1.165, 1.54) is 63.4 Å². The summed E-state index contributed by atoms with van der Waals surface area (Å²) in [5.74, 6) is 1.06. The fraction of sp³-hybridized carbons (Fsp3) is 0.677. The fourth-order valence-electron chi connectivity index (χ4n) is 4.39. The van der Waals surface area contributed by atoms with Gasteiger partial charge in [0, 0.05) is 5.56 Å². The van der Waals surface area contributed by atoms with Gasteiger partial charge in [-0.1, -0.05) is 109 Å². The third-order valence-electron chi connectivity index (χ3n) is 6.75. The van der Waals surface area contributed by atoms with E-state index in [4.69, 9.17) is 4.74 Å². The number of aryl methyl sites for hydroxylation is 1. The average molecular weight is 503 g/mol. The van der Waals surface area contributed by atoms with Crippen LogP contribution in [0.2, 0.25) is 0 Å². The first-order valence-corrected chi connectivity index (χ1v) is 14.4. The summed E-state index contributed by atoms with van der Waals surface area (Å²) in [5, 5.41) is 0. The maximum atomic E-state index is 14.1. The van der Waals surface area contributed by atoms with E-state index in [2.05, 4.69) is 48.1 Å². The molecule has 0 aliphatic carbocycles. The Bertz CT molecular complexity index is 782. The van der Waals surface area contributed by atoms with Crippen molar-refractivity contribution in [3.8, 4) is 17.1 Å². The van der Waals surface area contributed by atoms with Crippen LogP contribution in [-0.2, 0) is 6.42 Å². The lowest BCUT2D eigenvalue weighted by Crippen LogP contribution is -2.15. The predicted molar refractivity (Wildman–Crippen MR) is 147 cm³/mol. The molecule has 0 bridgehead atoms. The van der Waals surface area contributed by atoms with Crippen LogP contribution in [0.15, 0.2) is 36.7 Å². The first-order valence-electron chi connectivity index (χ1n) is 14.4. The van der Waals surface area contributed by atoms with Crippen molar-refractivity contribution in [3.63, 3.8) is 0 Å². The van der Waals surface area contributed by atoms with E-state index in [9.17, 15) is 8.78 Å². The highest BCUT2D eigenvalue weighted by atomic mass is 19.1. The van der Waals surface area contributed by atoms with Crippen molar-refractivity contribution >= 4 is 0 Å². The van der Waals surface area contributed by atoms with Gasteiger partial charge in [-0.05, 0) is 37.7 Å². The summed E-state index contributed by atoms with van der Waals surface area (Å²) < 4.78 is 33.4. The largest absolute Gasteiger partial charge is 0.487 e. The third kappa shape index (κ3) is 13.3. The number of halogens is 2. The molecule has 2 rings (SSSR count). The Morgan fingerprint density at radius 3 is 1.86 bits per heavy atom. The molecule has 1 aromatic carbocycles. The molecular formula is C31H48F2N2O. The number of benzene rings is 1. The van der Waals surface area contributed by atoms with Gasteiger partial charge in [0.25, 0.3) is 0 Å². The van der Waals surface area contributed by atoms with Crippen molar-refractivity contribution in [2.24, 2.45) is 0 Å². The molecule has 202 valence electrons. The Labute approximate surface area is 218 Å². The minimum absolute atomic E-state index is 0.0993. The number of unbranched alkanes of at least 4 members (excludes halogenated alkanes) is 10. The second-order valence-corrected chi connectivity index (χ2v) is 10.1. The van der Waals surface area contributed by atoms with Gasteiger partial charge in [0.2, 0.25) is 0 Å². The normalized spacial score (nSPS) is 13.0. The molecule has 0 saturated heterocycles. The van der Waals surface area contributed by atoms with E-state index in [0.29, 0.717) is 18.0 Å². The van der Waals surface area contributed by atoms with Crippen LogP contribution in [0.4, 0.5) is 8.78 Å². The zero-order valence-corrected chi connectivity index (χ0v) is 22.7. The molecule has 5 heteroatoms. The molecule has 0 amide bonds. The van der Waals surface area contributed by atoms with Crippen LogP contribution in [0.3, 0.4) is 0 Å². The molecule has 1 aromatic heterocycles. The highest BCUT2D eigenvalue weighted by Crippen LogP contribution is 2.20. The van der Waals surface area contributed by atoms with Crippen LogP contribution >= 0.6 is 0 Å². The van der Waals surface area contributed by atoms with Gasteiger partial charge in [0.15, 0.2) is 11.6 Å². The smallest absolute Gasteiger partial charge is 0.159 e. The SMILES string of the molecule is CCCCCCCCCCCc1ccc(-c2ncc(OCC(F)CCC(F)CCCCC)cn2)cc1. The summed E-state index contributed by atoms with van der Waals surface area (Å²) in [5.41, 5.74) is 2.30. The highest BCUT2D eigenvalue weighted by Gasteiger charge is 2.13. The fourth-order valence-corrected chi connectivity index (χ4v) is 4.39. The van der Waals surface area contributed by atoms with Crippen molar-refractivity contribution < 1.29 is 13.5 Å². The number of alkyl halides is 2. The number of ether oxygens (including phenoxy) is 1. The van der Waals surface area contributed by atoms with Crippen LogP contribution in [0.25, 0.3) is 11.4 Å². The molecule has 0 aliphatic heterocycles. The topological polar surface area (TPSA) is 35.0 Å². The van der Waals surface area contributed by atoms with E-state index >= 15 is 0 Å². The first kappa shape index (κ1) is 30.2. The zero-order chi connectivity index (χ0) is 25.8. The minimum atomic E-state index is -1.19. The van der Waals surface area contributed by atoms with E-state index < -0.39 is 12.3 Å². The molecule has 2 aromatic rings. The van der Waals surface area contributed by atoms with Gasteiger partial charge in [-0.2, -0.15) is 0 Å². The second kappa shape index (κ2) is 19.1.